The van der Waals surface area contributed by atoms with Crippen LogP contribution in [0.4, 0.5) is 0 Å². The summed E-state index contributed by atoms with van der Waals surface area (Å²) in [5, 5.41) is 0.958. The van der Waals surface area contributed by atoms with E-state index in [0.29, 0.717) is 0 Å². The first kappa shape index (κ1) is 7.46. The van der Waals surface area contributed by atoms with Gasteiger partial charge in [-0.15, -0.1) is 0 Å². The SMILES string of the molecule is CSC1CC(C)CC1C. The molecule has 0 radical (unpaired) electrons. The molecular weight excluding hydrogens is 128 g/mol. The first-order valence-corrected chi connectivity index (χ1v) is 5.05. The Morgan fingerprint density at radius 2 is 1.89 bits per heavy atom. The molecule has 0 heterocycles. The zero-order chi connectivity index (χ0) is 6.85. The van der Waals surface area contributed by atoms with Crippen LogP contribution >= 0.6 is 11.8 Å². The Kier molecular flexibility index (Phi) is 2.45. The van der Waals surface area contributed by atoms with Crippen LogP contribution in [0, 0.1) is 11.8 Å². The van der Waals surface area contributed by atoms with Gasteiger partial charge in [0.1, 0.15) is 0 Å². The minimum absolute atomic E-state index is 0.958. The molecular formula is C8H16S. The number of hydrogen-bond donors (Lipinski definition) is 0. The molecule has 0 spiro atoms. The Morgan fingerprint density at radius 3 is 2.11 bits per heavy atom. The molecule has 1 aliphatic rings. The molecule has 0 aromatic heterocycles. The minimum atomic E-state index is 0.958. The third kappa shape index (κ3) is 1.64. The van der Waals surface area contributed by atoms with Gasteiger partial charge in [0.25, 0.3) is 0 Å². The average Bonchev–Trinajstić information content (AvgIpc) is 2.10. The average molecular weight is 144 g/mol. The number of thioether (sulfide) groups is 1. The predicted octanol–water partition coefficient (Wildman–Crippen LogP) is 2.78. The van der Waals surface area contributed by atoms with Crippen molar-refractivity contribution in [2.24, 2.45) is 11.8 Å². The molecule has 0 aromatic rings. The van der Waals surface area contributed by atoms with Gasteiger partial charge in [-0.1, -0.05) is 13.8 Å². The van der Waals surface area contributed by atoms with Crippen LogP contribution in [0.2, 0.25) is 0 Å². The van der Waals surface area contributed by atoms with Gasteiger partial charge < -0.3 is 0 Å². The Hall–Kier alpha value is 0.350. The van der Waals surface area contributed by atoms with Gasteiger partial charge in [0.2, 0.25) is 0 Å². The molecule has 1 rings (SSSR count). The maximum Gasteiger partial charge on any atom is 0.00725 e. The van der Waals surface area contributed by atoms with Gasteiger partial charge in [0.15, 0.2) is 0 Å². The van der Waals surface area contributed by atoms with Crippen molar-refractivity contribution in [2.75, 3.05) is 6.26 Å². The van der Waals surface area contributed by atoms with Crippen molar-refractivity contribution >= 4 is 11.8 Å². The first-order chi connectivity index (χ1) is 4.24. The molecule has 0 bridgehead atoms. The molecule has 0 saturated heterocycles. The fraction of sp³-hybridized carbons (Fsp3) is 1.00. The van der Waals surface area contributed by atoms with E-state index >= 15 is 0 Å². The number of rotatable bonds is 1. The highest BCUT2D eigenvalue weighted by molar-refractivity contribution is 7.99. The van der Waals surface area contributed by atoms with Crippen molar-refractivity contribution in [3.63, 3.8) is 0 Å². The normalized spacial score (nSPS) is 43.7. The highest BCUT2D eigenvalue weighted by Gasteiger charge is 2.27. The lowest BCUT2D eigenvalue weighted by molar-refractivity contribution is 0.557. The second kappa shape index (κ2) is 2.96. The zero-order valence-corrected chi connectivity index (χ0v) is 7.37. The molecule has 1 fully saturated rings. The summed E-state index contributed by atoms with van der Waals surface area (Å²) in [6.45, 7) is 4.75. The molecule has 0 amide bonds. The van der Waals surface area contributed by atoms with Crippen molar-refractivity contribution in [3.8, 4) is 0 Å². The summed E-state index contributed by atoms with van der Waals surface area (Å²) in [5.41, 5.74) is 0. The van der Waals surface area contributed by atoms with Crippen LogP contribution in [0.5, 0.6) is 0 Å². The summed E-state index contributed by atoms with van der Waals surface area (Å²) in [4.78, 5) is 0. The maximum atomic E-state index is 2.38. The molecule has 0 aliphatic heterocycles. The van der Waals surface area contributed by atoms with Crippen LogP contribution in [0.1, 0.15) is 26.7 Å². The van der Waals surface area contributed by atoms with Gasteiger partial charge in [0.05, 0.1) is 0 Å². The Labute approximate surface area is 62.4 Å². The van der Waals surface area contributed by atoms with E-state index < -0.39 is 0 Å². The van der Waals surface area contributed by atoms with Gasteiger partial charge in [-0.25, -0.2) is 0 Å². The van der Waals surface area contributed by atoms with E-state index in [1.807, 2.05) is 11.8 Å². The second-order valence-corrected chi connectivity index (χ2v) is 4.40. The summed E-state index contributed by atoms with van der Waals surface area (Å²) in [6, 6.07) is 0. The van der Waals surface area contributed by atoms with Crippen molar-refractivity contribution < 1.29 is 0 Å². The monoisotopic (exact) mass is 144 g/mol. The lowest BCUT2D eigenvalue weighted by Gasteiger charge is -2.09. The van der Waals surface area contributed by atoms with E-state index in [0.717, 1.165) is 17.1 Å². The van der Waals surface area contributed by atoms with Crippen LogP contribution in [-0.4, -0.2) is 11.5 Å². The van der Waals surface area contributed by atoms with Gasteiger partial charge >= 0.3 is 0 Å². The minimum Gasteiger partial charge on any atom is -0.162 e. The Balaban J connectivity index is 2.38. The van der Waals surface area contributed by atoms with Crippen LogP contribution in [-0.2, 0) is 0 Å². The molecule has 0 nitrogen and oxygen atoms in total. The van der Waals surface area contributed by atoms with E-state index in [4.69, 9.17) is 0 Å². The standard InChI is InChI=1S/C8H16S/c1-6-4-7(2)8(5-6)9-3/h6-8H,4-5H2,1-3H3. The molecule has 3 atom stereocenters. The molecule has 54 valence electrons. The topological polar surface area (TPSA) is 0 Å². The summed E-state index contributed by atoms with van der Waals surface area (Å²) in [5.74, 6) is 1.95. The highest BCUT2D eigenvalue weighted by Crippen LogP contribution is 2.36. The van der Waals surface area contributed by atoms with Gasteiger partial charge in [0, 0.05) is 5.25 Å². The van der Waals surface area contributed by atoms with Crippen LogP contribution < -0.4 is 0 Å². The summed E-state index contributed by atoms with van der Waals surface area (Å²) >= 11 is 2.04. The smallest absolute Gasteiger partial charge is 0.00725 e. The van der Waals surface area contributed by atoms with E-state index in [2.05, 4.69) is 20.1 Å². The van der Waals surface area contributed by atoms with E-state index in [-0.39, 0.29) is 0 Å². The third-order valence-corrected chi connectivity index (χ3v) is 3.61. The highest BCUT2D eigenvalue weighted by atomic mass is 32.2. The molecule has 9 heavy (non-hydrogen) atoms. The lowest BCUT2D eigenvalue weighted by atomic mass is 10.1. The third-order valence-electron chi connectivity index (χ3n) is 2.35. The zero-order valence-electron chi connectivity index (χ0n) is 6.55. The van der Waals surface area contributed by atoms with Crippen LogP contribution in [0.3, 0.4) is 0 Å². The Bertz CT molecular complexity index is 90.6. The van der Waals surface area contributed by atoms with Crippen molar-refractivity contribution in [3.05, 3.63) is 0 Å². The second-order valence-electron chi connectivity index (χ2n) is 3.33. The lowest BCUT2D eigenvalue weighted by Crippen LogP contribution is -2.03. The van der Waals surface area contributed by atoms with Gasteiger partial charge in [-0.05, 0) is 30.9 Å². The molecule has 0 N–H and O–H groups in total. The quantitative estimate of drug-likeness (QED) is 0.545. The van der Waals surface area contributed by atoms with Gasteiger partial charge in [-0.3, -0.25) is 0 Å². The van der Waals surface area contributed by atoms with E-state index in [1.54, 1.807) is 0 Å². The van der Waals surface area contributed by atoms with Gasteiger partial charge in [-0.2, -0.15) is 11.8 Å². The van der Waals surface area contributed by atoms with Crippen LogP contribution in [0.15, 0.2) is 0 Å². The summed E-state index contributed by atoms with van der Waals surface area (Å²) in [7, 11) is 0. The first-order valence-electron chi connectivity index (χ1n) is 3.76. The maximum absolute atomic E-state index is 2.38. The predicted molar refractivity (Wildman–Crippen MR) is 44.9 cm³/mol. The summed E-state index contributed by atoms with van der Waals surface area (Å²) < 4.78 is 0. The van der Waals surface area contributed by atoms with Crippen molar-refractivity contribution in [1.29, 1.82) is 0 Å². The van der Waals surface area contributed by atoms with Crippen molar-refractivity contribution in [1.82, 2.24) is 0 Å². The molecule has 1 saturated carbocycles. The van der Waals surface area contributed by atoms with E-state index in [9.17, 15) is 0 Å². The molecule has 0 aromatic carbocycles. The Morgan fingerprint density at radius 1 is 1.22 bits per heavy atom. The van der Waals surface area contributed by atoms with Crippen LogP contribution in [0.25, 0.3) is 0 Å². The molecule has 3 unspecified atom stereocenters. The summed E-state index contributed by atoms with van der Waals surface area (Å²) in [6.07, 6.45) is 5.13. The molecule has 1 aliphatic carbocycles. The fourth-order valence-corrected chi connectivity index (χ4v) is 2.94. The number of hydrogen-bond acceptors (Lipinski definition) is 1. The largest absolute Gasteiger partial charge is 0.162 e. The van der Waals surface area contributed by atoms with E-state index in [1.165, 1.54) is 12.8 Å². The van der Waals surface area contributed by atoms with Crippen molar-refractivity contribution in [2.45, 2.75) is 31.9 Å². The molecule has 1 heteroatoms. The fourth-order valence-electron chi connectivity index (χ4n) is 1.84.